The first-order chi connectivity index (χ1) is 9.49. The van der Waals surface area contributed by atoms with E-state index >= 15 is 0 Å². The van der Waals surface area contributed by atoms with E-state index in [4.69, 9.17) is 4.74 Å². The van der Waals surface area contributed by atoms with E-state index in [1.54, 1.807) is 31.2 Å². The number of benzene rings is 2. The van der Waals surface area contributed by atoms with Crippen LogP contribution in [0.5, 0.6) is 11.5 Å². The fourth-order valence-electron chi connectivity index (χ4n) is 1.76. The van der Waals surface area contributed by atoms with Crippen molar-refractivity contribution in [3.63, 3.8) is 0 Å². The maximum Gasteiger partial charge on any atom is 0.311 e. The fourth-order valence-corrected chi connectivity index (χ4v) is 1.76. The summed E-state index contributed by atoms with van der Waals surface area (Å²) < 4.78 is 18.6. The highest BCUT2D eigenvalue weighted by Gasteiger charge is 2.18. The largest absolute Gasteiger partial charge is 0.450 e. The van der Waals surface area contributed by atoms with E-state index in [0.717, 1.165) is 18.2 Å². The van der Waals surface area contributed by atoms with Crippen LogP contribution in [0, 0.1) is 15.9 Å². The number of rotatable bonds is 4. The van der Waals surface area contributed by atoms with E-state index in [-0.39, 0.29) is 17.2 Å². The Labute approximate surface area is 114 Å². The standard InChI is InChI=1S/C14H12FNO4/c1-9(17)11-4-2-3-5-13(11)20-14-8-10(15)6-7-12(14)16(18)19/h2-9,17H,1H3/t9-/m0/s1. The number of ether oxygens (including phenoxy) is 1. The zero-order chi connectivity index (χ0) is 14.7. The van der Waals surface area contributed by atoms with Gasteiger partial charge in [0.1, 0.15) is 11.6 Å². The van der Waals surface area contributed by atoms with Crippen LogP contribution >= 0.6 is 0 Å². The van der Waals surface area contributed by atoms with Crippen molar-refractivity contribution in [3.8, 4) is 11.5 Å². The second-order valence-corrected chi connectivity index (χ2v) is 4.19. The highest BCUT2D eigenvalue weighted by Crippen LogP contribution is 2.35. The summed E-state index contributed by atoms with van der Waals surface area (Å²) >= 11 is 0. The van der Waals surface area contributed by atoms with Crippen LogP contribution in [0.15, 0.2) is 42.5 Å². The quantitative estimate of drug-likeness (QED) is 0.684. The molecular formula is C14H12FNO4. The van der Waals surface area contributed by atoms with Crippen LogP contribution in [-0.4, -0.2) is 10.0 Å². The van der Waals surface area contributed by atoms with Crippen molar-refractivity contribution in [2.75, 3.05) is 0 Å². The summed E-state index contributed by atoms with van der Waals surface area (Å²) in [6.07, 6.45) is -0.807. The Kier molecular flexibility index (Phi) is 3.95. The molecule has 2 rings (SSSR count). The average Bonchev–Trinajstić information content (AvgIpc) is 2.38. The third kappa shape index (κ3) is 2.92. The summed E-state index contributed by atoms with van der Waals surface area (Å²) in [4.78, 5) is 10.2. The molecule has 0 amide bonds. The molecule has 2 aromatic carbocycles. The monoisotopic (exact) mass is 277 g/mol. The number of nitrogens with zero attached hydrogens (tertiary/aromatic N) is 1. The molecule has 1 atom stereocenters. The van der Waals surface area contributed by atoms with Gasteiger partial charge in [-0.3, -0.25) is 10.1 Å². The van der Waals surface area contributed by atoms with E-state index in [1.807, 2.05) is 0 Å². The van der Waals surface area contributed by atoms with Crippen LogP contribution in [0.1, 0.15) is 18.6 Å². The highest BCUT2D eigenvalue weighted by molar-refractivity contribution is 5.49. The molecule has 0 heterocycles. The number of halogens is 1. The van der Waals surface area contributed by atoms with Gasteiger partial charge in [-0.2, -0.15) is 0 Å². The fraction of sp³-hybridized carbons (Fsp3) is 0.143. The van der Waals surface area contributed by atoms with Gasteiger partial charge < -0.3 is 9.84 Å². The van der Waals surface area contributed by atoms with E-state index < -0.39 is 16.8 Å². The minimum absolute atomic E-state index is 0.205. The van der Waals surface area contributed by atoms with Gasteiger partial charge in [0, 0.05) is 17.7 Å². The van der Waals surface area contributed by atoms with Gasteiger partial charge >= 0.3 is 5.69 Å². The van der Waals surface area contributed by atoms with E-state index in [1.165, 1.54) is 0 Å². The Morgan fingerprint density at radius 3 is 2.60 bits per heavy atom. The summed E-state index contributed by atoms with van der Waals surface area (Å²) in [6, 6.07) is 9.52. The van der Waals surface area contributed by atoms with Gasteiger partial charge in [0.25, 0.3) is 0 Å². The van der Waals surface area contributed by atoms with Crippen molar-refractivity contribution < 1.29 is 19.2 Å². The molecule has 0 aliphatic heterocycles. The van der Waals surface area contributed by atoms with Crippen molar-refractivity contribution in [2.45, 2.75) is 13.0 Å². The maximum atomic E-state index is 13.2. The molecule has 0 radical (unpaired) electrons. The molecule has 0 aliphatic carbocycles. The lowest BCUT2D eigenvalue weighted by atomic mass is 10.1. The first kappa shape index (κ1) is 14.0. The smallest absolute Gasteiger partial charge is 0.311 e. The number of hydrogen-bond acceptors (Lipinski definition) is 4. The normalized spacial score (nSPS) is 11.9. The molecule has 1 N–H and O–H groups in total. The molecule has 0 aromatic heterocycles. The second-order valence-electron chi connectivity index (χ2n) is 4.19. The average molecular weight is 277 g/mol. The molecule has 0 fully saturated rings. The summed E-state index contributed by atoms with van der Waals surface area (Å²) in [7, 11) is 0. The van der Waals surface area contributed by atoms with Gasteiger partial charge in [0.15, 0.2) is 0 Å². The lowest BCUT2D eigenvalue weighted by Gasteiger charge is -2.12. The topological polar surface area (TPSA) is 72.6 Å². The predicted octanol–water partition coefficient (Wildman–Crippen LogP) is 3.58. The maximum absolute atomic E-state index is 13.2. The van der Waals surface area contributed by atoms with Crippen molar-refractivity contribution in [1.29, 1.82) is 0 Å². The SMILES string of the molecule is C[C@H](O)c1ccccc1Oc1cc(F)ccc1[N+](=O)[O-]. The van der Waals surface area contributed by atoms with Crippen molar-refractivity contribution in [3.05, 3.63) is 64.0 Å². The Hall–Kier alpha value is -2.47. The number of nitro benzene ring substituents is 1. The minimum Gasteiger partial charge on any atom is -0.450 e. The first-order valence-electron chi connectivity index (χ1n) is 5.88. The molecule has 0 bridgehead atoms. The zero-order valence-corrected chi connectivity index (χ0v) is 10.6. The molecule has 0 saturated heterocycles. The number of aliphatic hydroxyl groups excluding tert-OH is 1. The van der Waals surface area contributed by atoms with E-state index in [2.05, 4.69) is 0 Å². The molecule has 20 heavy (non-hydrogen) atoms. The Bertz CT molecular complexity index is 643. The van der Waals surface area contributed by atoms with Crippen LogP contribution in [0.25, 0.3) is 0 Å². The molecule has 2 aromatic rings. The molecule has 104 valence electrons. The molecule has 0 aliphatic rings. The van der Waals surface area contributed by atoms with Gasteiger partial charge in [-0.05, 0) is 19.1 Å². The number of nitro groups is 1. The second kappa shape index (κ2) is 5.66. The number of aliphatic hydroxyl groups is 1. The molecule has 6 heteroatoms. The van der Waals surface area contributed by atoms with E-state index in [9.17, 15) is 19.6 Å². The number of para-hydroxylation sites is 1. The third-order valence-electron chi connectivity index (χ3n) is 2.71. The molecular weight excluding hydrogens is 265 g/mol. The van der Waals surface area contributed by atoms with Crippen LogP contribution in [0.3, 0.4) is 0 Å². The van der Waals surface area contributed by atoms with Crippen LogP contribution in [-0.2, 0) is 0 Å². The van der Waals surface area contributed by atoms with Crippen LogP contribution < -0.4 is 4.74 Å². The van der Waals surface area contributed by atoms with Crippen molar-refractivity contribution in [1.82, 2.24) is 0 Å². The predicted molar refractivity (Wildman–Crippen MR) is 70.2 cm³/mol. The van der Waals surface area contributed by atoms with Gasteiger partial charge in [-0.15, -0.1) is 0 Å². The van der Waals surface area contributed by atoms with Gasteiger partial charge in [0.2, 0.25) is 5.75 Å². The van der Waals surface area contributed by atoms with Gasteiger partial charge in [-0.1, -0.05) is 18.2 Å². The first-order valence-corrected chi connectivity index (χ1v) is 5.88. The Morgan fingerprint density at radius 1 is 1.25 bits per heavy atom. The summed E-state index contributed by atoms with van der Waals surface area (Å²) in [5.41, 5.74) is 0.123. The minimum atomic E-state index is -0.807. The van der Waals surface area contributed by atoms with Gasteiger partial charge in [-0.25, -0.2) is 4.39 Å². The molecule has 0 spiro atoms. The summed E-state index contributed by atoms with van der Waals surface area (Å²) in [5.74, 6) is -0.598. The van der Waals surface area contributed by atoms with Crippen LogP contribution in [0.2, 0.25) is 0 Å². The number of hydrogen-bond donors (Lipinski definition) is 1. The van der Waals surface area contributed by atoms with Crippen molar-refractivity contribution in [2.24, 2.45) is 0 Å². The lowest BCUT2D eigenvalue weighted by molar-refractivity contribution is -0.385. The lowest BCUT2D eigenvalue weighted by Crippen LogP contribution is -1.98. The Morgan fingerprint density at radius 2 is 1.95 bits per heavy atom. The summed E-state index contributed by atoms with van der Waals surface area (Å²) in [6.45, 7) is 1.54. The zero-order valence-electron chi connectivity index (χ0n) is 10.6. The van der Waals surface area contributed by atoms with E-state index in [0.29, 0.717) is 5.56 Å². The molecule has 0 saturated carbocycles. The summed E-state index contributed by atoms with van der Waals surface area (Å²) in [5, 5.41) is 20.5. The molecule has 0 unspecified atom stereocenters. The highest BCUT2D eigenvalue weighted by atomic mass is 19.1. The van der Waals surface area contributed by atoms with Gasteiger partial charge in [0.05, 0.1) is 11.0 Å². The molecule has 5 nitrogen and oxygen atoms in total. The van der Waals surface area contributed by atoms with Crippen molar-refractivity contribution >= 4 is 5.69 Å². The van der Waals surface area contributed by atoms with Crippen LogP contribution in [0.4, 0.5) is 10.1 Å². The Balaban J connectivity index is 2.45. The third-order valence-corrected chi connectivity index (χ3v) is 2.71.